The van der Waals surface area contributed by atoms with Crippen LogP contribution in [0.2, 0.25) is 0 Å². The van der Waals surface area contributed by atoms with E-state index in [1.54, 1.807) is 0 Å². The van der Waals surface area contributed by atoms with E-state index in [0.717, 1.165) is 21.1 Å². The van der Waals surface area contributed by atoms with Crippen LogP contribution < -0.4 is 0 Å². The third-order valence-electron chi connectivity index (χ3n) is 5.42. The first kappa shape index (κ1) is 23.0. The Kier molecular flexibility index (Phi) is 8.60. The topological polar surface area (TPSA) is 46.5 Å². The molecule has 0 atom stereocenters. The Labute approximate surface area is 187 Å². The fourth-order valence-corrected chi connectivity index (χ4v) is 6.76. The molecule has 0 saturated heterocycles. The lowest BCUT2D eigenvalue weighted by Crippen LogP contribution is -2.12. The van der Waals surface area contributed by atoms with Gasteiger partial charge in [-0.05, 0) is 65.1 Å². The van der Waals surface area contributed by atoms with Crippen molar-refractivity contribution in [1.82, 2.24) is 0 Å². The fourth-order valence-electron chi connectivity index (χ4n) is 3.84. The van der Waals surface area contributed by atoms with Crippen LogP contribution in [-0.4, -0.2) is 11.3 Å². The van der Waals surface area contributed by atoms with E-state index >= 15 is 0 Å². The molecule has 3 rings (SSSR count). The summed E-state index contributed by atoms with van der Waals surface area (Å²) in [6, 6.07) is 27.7. The molecule has 0 spiro atoms. The molecule has 0 aliphatic rings. The molecule has 0 saturated carbocycles. The van der Waals surface area contributed by atoms with Gasteiger partial charge in [0.25, 0.3) is 0 Å². The van der Waals surface area contributed by atoms with Crippen molar-refractivity contribution in [2.24, 2.45) is 0 Å². The highest BCUT2D eigenvalue weighted by Gasteiger charge is 2.35. The van der Waals surface area contributed by atoms with Crippen LogP contribution in [0.25, 0.3) is 0 Å². The van der Waals surface area contributed by atoms with E-state index in [9.17, 15) is 9.90 Å². The predicted octanol–water partition coefficient (Wildman–Crippen LogP) is 8.48. The zero-order valence-corrected chi connectivity index (χ0v) is 19.0. The molecule has 4 heteroatoms. The van der Waals surface area contributed by atoms with Gasteiger partial charge in [-0.3, -0.25) is 0 Å². The van der Waals surface area contributed by atoms with E-state index in [2.05, 4.69) is 19.1 Å². The van der Waals surface area contributed by atoms with Crippen molar-refractivity contribution in [1.29, 1.82) is 0 Å². The third-order valence-corrected chi connectivity index (χ3v) is 8.62. The van der Waals surface area contributed by atoms with Gasteiger partial charge in [-0.25, -0.2) is 4.79 Å². The summed E-state index contributed by atoms with van der Waals surface area (Å²) in [4.78, 5) is 14.5. The minimum Gasteiger partial charge on any atom is -0.449 e. The molecule has 0 aromatic heterocycles. The summed E-state index contributed by atoms with van der Waals surface area (Å²) in [5.41, 5.74) is 1.28. The van der Waals surface area contributed by atoms with Crippen LogP contribution in [0.4, 0.5) is 4.79 Å². The normalized spacial score (nSPS) is 11.8. The molecule has 0 aliphatic carbocycles. The molecule has 3 nitrogen and oxygen atoms in total. The second-order valence-electron chi connectivity index (χ2n) is 7.69. The number of hydrogen-bond acceptors (Lipinski definition) is 2. The Bertz CT molecular complexity index is 884. The molecule has 0 aliphatic heterocycles. The van der Waals surface area contributed by atoms with E-state index in [-0.39, 0.29) is 0 Å². The second kappa shape index (κ2) is 11.6. The maximum Gasteiger partial charge on any atom is 0.517 e. The summed E-state index contributed by atoms with van der Waals surface area (Å²) in [6.07, 6.45) is 7.44. The highest BCUT2D eigenvalue weighted by molar-refractivity contribution is 8.30. The fraction of sp³-hybridized carbons (Fsp3) is 0.296. The lowest BCUT2D eigenvalue weighted by molar-refractivity contribution is 0.150. The molecule has 0 radical (unpaired) electrons. The van der Waals surface area contributed by atoms with Gasteiger partial charge >= 0.3 is 6.16 Å². The molecule has 0 amide bonds. The highest BCUT2D eigenvalue weighted by Crippen LogP contribution is 2.69. The Hall–Kier alpha value is -2.72. The maximum absolute atomic E-state index is 11.8. The maximum atomic E-state index is 11.8. The monoisotopic (exact) mass is 436 g/mol. The van der Waals surface area contributed by atoms with Crippen LogP contribution in [0.5, 0.6) is 0 Å². The van der Waals surface area contributed by atoms with Crippen LogP contribution in [0, 0.1) is 0 Å². The number of benzene rings is 3. The van der Waals surface area contributed by atoms with Gasteiger partial charge in [0.15, 0.2) is 0 Å². The van der Waals surface area contributed by atoms with Crippen molar-refractivity contribution in [3.8, 4) is 0 Å². The largest absolute Gasteiger partial charge is 0.517 e. The summed E-state index contributed by atoms with van der Waals surface area (Å²) in [6.45, 7) is 2.24. The summed E-state index contributed by atoms with van der Waals surface area (Å²) >= 11 is 0. The molecule has 3 aromatic carbocycles. The third kappa shape index (κ3) is 5.92. The first-order valence-corrected chi connectivity index (χ1v) is 12.7. The first-order chi connectivity index (χ1) is 15.2. The minimum absolute atomic E-state index is 0.868. The molecule has 0 fully saturated rings. The van der Waals surface area contributed by atoms with Gasteiger partial charge in [0.1, 0.15) is 0 Å². The van der Waals surface area contributed by atoms with Crippen LogP contribution in [0.15, 0.2) is 99.6 Å². The van der Waals surface area contributed by atoms with Gasteiger partial charge in [-0.1, -0.05) is 87.6 Å². The summed E-state index contributed by atoms with van der Waals surface area (Å²) in [7, 11) is -2.38. The van der Waals surface area contributed by atoms with Crippen molar-refractivity contribution in [2.75, 3.05) is 0 Å². The smallest absolute Gasteiger partial charge is 0.449 e. The average Bonchev–Trinajstić information content (AvgIpc) is 2.81. The van der Waals surface area contributed by atoms with Gasteiger partial charge in [0.05, 0.1) is 0 Å². The van der Waals surface area contributed by atoms with Crippen LogP contribution in [0.3, 0.4) is 0 Å². The van der Waals surface area contributed by atoms with Gasteiger partial charge in [-0.15, -0.1) is 0 Å². The lowest BCUT2D eigenvalue weighted by Gasteiger charge is -2.38. The van der Waals surface area contributed by atoms with Gasteiger partial charge in [0.2, 0.25) is 0 Å². The number of unbranched alkanes of at least 4 members (excludes halogenated alkanes) is 5. The zero-order valence-electron chi connectivity index (χ0n) is 18.2. The van der Waals surface area contributed by atoms with Crippen LogP contribution in [-0.2, 0) is 10.6 Å². The van der Waals surface area contributed by atoms with Crippen molar-refractivity contribution >= 4 is 16.5 Å². The second-order valence-corrected chi connectivity index (χ2v) is 10.4. The lowest BCUT2D eigenvalue weighted by atomic mass is 10.1. The van der Waals surface area contributed by atoms with Crippen molar-refractivity contribution in [3.05, 3.63) is 90.5 Å². The van der Waals surface area contributed by atoms with Gasteiger partial charge in [0, 0.05) is 14.7 Å². The van der Waals surface area contributed by atoms with Gasteiger partial charge < -0.3 is 9.29 Å². The molecule has 1 N–H and O–H groups in total. The molecule has 0 heterocycles. The van der Waals surface area contributed by atoms with E-state index in [1.165, 1.54) is 44.1 Å². The standard InChI is InChI=1S/C27H32O3S/c1-2-3-4-5-6-9-14-23-19-21-26(22-20-23)31(30-27(28)29,24-15-10-7-11-16-24)25-17-12-8-13-18-25/h7-8,10-13,15-22H,2-6,9,14H2,1H3,(H,28,29). The van der Waals surface area contributed by atoms with E-state index in [4.69, 9.17) is 4.18 Å². The quantitative estimate of drug-likeness (QED) is 0.307. The summed E-state index contributed by atoms with van der Waals surface area (Å²) < 4.78 is 5.77. The number of carboxylic acid groups (broad SMARTS) is 1. The molecule has 164 valence electrons. The minimum atomic E-state index is -2.38. The molecule has 3 aromatic rings. The molecule has 31 heavy (non-hydrogen) atoms. The van der Waals surface area contributed by atoms with E-state index in [0.29, 0.717) is 0 Å². The van der Waals surface area contributed by atoms with Crippen LogP contribution in [0.1, 0.15) is 51.0 Å². The van der Waals surface area contributed by atoms with Gasteiger partial charge in [-0.2, -0.15) is 0 Å². The first-order valence-electron chi connectivity index (χ1n) is 11.1. The number of hydrogen-bond donors (Lipinski definition) is 1. The summed E-state index contributed by atoms with van der Waals surface area (Å²) in [5.74, 6) is 0. The molecule has 0 bridgehead atoms. The molecular formula is C27H32O3S. The van der Waals surface area contributed by atoms with E-state index in [1.807, 2.05) is 72.8 Å². The van der Waals surface area contributed by atoms with Crippen molar-refractivity contribution in [2.45, 2.75) is 66.6 Å². The summed E-state index contributed by atoms with van der Waals surface area (Å²) in [5, 5.41) is 9.69. The Morgan fingerprint density at radius 3 is 1.71 bits per heavy atom. The predicted molar refractivity (Wildman–Crippen MR) is 128 cm³/mol. The number of carbonyl (C=O) groups is 1. The molecular weight excluding hydrogens is 404 g/mol. The van der Waals surface area contributed by atoms with Crippen LogP contribution >= 0.6 is 10.3 Å². The van der Waals surface area contributed by atoms with Crippen molar-refractivity contribution in [3.63, 3.8) is 0 Å². The zero-order chi connectivity index (χ0) is 21.9. The Morgan fingerprint density at radius 1 is 0.710 bits per heavy atom. The SMILES string of the molecule is CCCCCCCCc1ccc(S(OC(=O)O)(c2ccccc2)c2ccccc2)cc1. The molecule has 0 unspecified atom stereocenters. The number of rotatable bonds is 11. The Morgan fingerprint density at radius 2 is 1.19 bits per heavy atom. The number of aryl methyl sites for hydroxylation is 1. The van der Waals surface area contributed by atoms with Crippen molar-refractivity contribution < 1.29 is 14.1 Å². The van der Waals surface area contributed by atoms with E-state index < -0.39 is 16.5 Å². The Balaban J connectivity index is 1.90. The average molecular weight is 437 g/mol. The highest BCUT2D eigenvalue weighted by atomic mass is 32.3.